The van der Waals surface area contributed by atoms with E-state index in [9.17, 15) is 9.90 Å². The van der Waals surface area contributed by atoms with Crippen molar-refractivity contribution in [2.24, 2.45) is 0 Å². The summed E-state index contributed by atoms with van der Waals surface area (Å²) in [6.07, 6.45) is 7.01. The van der Waals surface area contributed by atoms with Crippen molar-refractivity contribution in [1.29, 1.82) is 0 Å². The predicted molar refractivity (Wildman–Crippen MR) is 147 cm³/mol. The van der Waals surface area contributed by atoms with Crippen LogP contribution in [-0.4, -0.2) is 50.2 Å². The predicted octanol–water partition coefficient (Wildman–Crippen LogP) is 4.67. The Balaban J connectivity index is 1.29. The summed E-state index contributed by atoms with van der Waals surface area (Å²) in [6, 6.07) is 16.1. The van der Waals surface area contributed by atoms with Crippen molar-refractivity contribution >= 4 is 11.6 Å². The number of hydrogen-bond acceptors (Lipinski definition) is 6. The topological polar surface area (TPSA) is 92.5 Å². The summed E-state index contributed by atoms with van der Waals surface area (Å²) < 4.78 is 7.64. The van der Waals surface area contributed by atoms with Gasteiger partial charge in [-0.1, -0.05) is 24.3 Å². The van der Waals surface area contributed by atoms with Crippen LogP contribution in [0.2, 0.25) is 0 Å². The maximum absolute atomic E-state index is 14.3. The molecule has 2 aromatic heterocycles. The van der Waals surface area contributed by atoms with Gasteiger partial charge in [-0.3, -0.25) is 14.3 Å². The van der Waals surface area contributed by atoms with Crippen LogP contribution in [0.4, 0.5) is 5.69 Å². The molecule has 2 aromatic carbocycles. The maximum Gasteiger partial charge on any atom is 0.254 e. The van der Waals surface area contributed by atoms with E-state index in [1.807, 2.05) is 36.1 Å². The Bertz CT molecular complexity index is 1540. The molecule has 1 saturated heterocycles. The lowest BCUT2D eigenvalue weighted by Gasteiger charge is -2.38. The lowest BCUT2D eigenvalue weighted by atomic mass is 9.87. The second-order valence-corrected chi connectivity index (χ2v) is 10.6. The van der Waals surface area contributed by atoms with Gasteiger partial charge < -0.3 is 20.1 Å². The van der Waals surface area contributed by atoms with Gasteiger partial charge in [0.2, 0.25) is 0 Å². The zero-order valence-corrected chi connectivity index (χ0v) is 21.9. The lowest BCUT2D eigenvalue weighted by molar-refractivity contribution is 0.0693. The second kappa shape index (κ2) is 9.63. The third kappa shape index (κ3) is 4.02. The summed E-state index contributed by atoms with van der Waals surface area (Å²) in [4.78, 5) is 25.2. The van der Waals surface area contributed by atoms with Crippen LogP contribution in [0, 0.1) is 6.92 Å². The zero-order chi connectivity index (χ0) is 26.5. The van der Waals surface area contributed by atoms with Crippen molar-refractivity contribution in [3.05, 3.63) is 106 Å². The molecule has 39 heavy (non-hydrogen) atoms. The smallest absolute Gasteiger partial charge is 0.254 e. The van der Waals surface area contributed by atoms with Crippen LogP contribution in [0.25, 0.3) is 5.69 Å². The Morgan fingerprint density at radius 3 is 2.72 bits per heavy atom. The standard InChI is InChI=1S/C31H31N5O3/c1-19-16-26-25(34-30(37)27-18-33-29(36(26)27)22-9-14-39-15-10-22)17-24(19)31(38)35-13-8-20-4-2-3-5-23(20)28(35)21-6-11-32-12-7-21/h2-7,11-12,16-18,22,28,30,34,37H,8-10,13-15H2,1H3. The van der Waals surface area contributed by atoms with Crippen LogP contribution in [0.15, 0.2) is 67.1 Å². The van der Waals surface area contributed by atoms with Gasteiger partial charge in [0.05, 0.1) is 29.3 Å². The Labute approximate surface area is 227 Å². The van der Waals surface area contributed by atoms with Crippen LogP contribution in [-0.2, 0) is 11.2 Å². The van der Waals surface area contributed by atoms with Gasteiger partial charge in [0.15, 0.2) is 6.23 Å². The van der Waals surface area contributed by atoms with Gasteiger partial charge in [-0.15, -0.1) is 0 Å². The number of carbonyl (C=O) groups is 1. The van der Waals surface area contributed by atoms with Crippen LogP contribution >= 0.6 is 0 Å². The van der Waals surface area contributed by atoms with Gasteiger partial charge >= 0.3 is 0 Å². The number of benzene rings is 2. The molecule has 198 valence electrons. The minimum Gasteiger partial charge on any atom is -0.381 e. The first-order chi connectivity index (χ1) is 19.1. The average molecular weight is 522 g/mol. The molecule has 0 saturated carbocycles. The highest BCUT2D eigenvalue weighted by Gasteiger charge is 2.35. The number of carbonyl (C=O) groups excluding carboxylic acids is 1. The number of fused-ring (bicyclic) bond motifs is 4. The van der Waals surface area contributed by atoms with Gasteiger partial charge in [0.25, 0.3) is 5.91 Å². The largest absolute Gasteiger partial charge is 0.381 e. The number of pyridine rings is 1. The third-order valence-corrected chi connectivity index (χ3v) is 8.36. The molecular weight excluding hydrogens is 490 g/mol. The van der Waals surface area contributed by atoms with E-state index in [1.165, 1.54) is 5.56 Å². The maximum atomic E-state index is 14.3. The van der Waals surface area contributed by atoms with E-state index in [0.29, 0.717) is 31.0 Å². The molecule has 3 aliphatic heterocycles. The molecular formula is C31H31N5O3. The number of nitrogens with one attached hydrogen (secondary N) is 1. The molecule has 8 heteroatoms. The van der Waals surface area contributed by atoms with Crippen molar-refractivity contribution in [3.8, 4) is 5.69 Å². The molecule has 7 rings (SSSR count). The Kier molecular flexibility index (Phi) is 5.94. The van der Waals surface area contributed by atoms with Crippen LogP contribution in [0.1, 0.15) is 75.2 Å². The number of rotatable bonds is 3. The molecule has 0 radical (unpaired) electrons. The zero-order valence-electron chi connectivity index (χ0n) is 21.9. The summed E-state index contributed by atoms with van der Waals surface area (Å²) in [5.74, 6) is 1.18. The fraction of sp³-hybridized carbons (Fsp3) is 0.323. The SMILES string of the molecule is Cc1cc2c(cc1C(=O)N1CCc3ccccc3C1c1ccncc1)NC(O)c1cnc(C3CCOCC3)n1-2. The van der Waals surface area contributed by atoms with Crippen molar-refractivity contribution < 1.29 is 14.6 Å². The molecule has 3 aliphatic rings. The van der Waals surface area contributed by atoms with E-state index in [0.717, 1.165) is 53.2 Å². The summed E-state index contributed by atoms with van der Waals surface area (Å²) in [7, 11) is 0. The molecule has 0 aliphatic carbocycles. The van der Waals surface area contributed by atoms with E-state index in [1.54, 1.807) is 18.6 Å². The van der Waals surface area contributed by atoms with Crippen LogP contribution in [0.3, 0.4) is 0 Å². The number of aromatic nitrogens is 3. The normalized spacial score (nSPS) is 20.5. The van der Waals surface area contributed by atoms with Crippen molar-refractivity contribution in [3.63, 3.8) is 0 Å². The quantitative estimate of drug-likeness (QED) is 0.407. The van der Waals surface area contributed by atoms with E-state index in [-0.39, 0.29) is 17.9 Å². The first kappa shape index (κ1) is 24.1. The van der Waals surface area contributed by atoms with Gasteiger partial charge in [0.1, 0.15) is 5.82 Å². The summed E-state index contributed by atoms with van der Waals surface area (Å²) in [5, 5.41) is 14.2. The van der Waals surface area contributed by atoms with Gasteiger partial charge in [-0.05, 0) is 72.7 Å². The van der Waals surface area contributed by atoms with E-state index < -0.39 is 6.23 Å². The monoisotopic (exact) mass is 521 g/mol. The first-order valence-electron chi connectivity index (χ1n) is 13.6. The molecule has 8 nitrogen and oxygen atoms in total. The van der Waals surface area contributed by atoms with Crippen LogP contribution in [0.5, 0.6) is 0 Å². The van der Waals surface area contributed by atoms with Crippen molar-refractivity contribution in [2.45, 2.75) is 44.4 Å². The first-order valence-corrected chi connectivity index (χ1v) is 13.6. The highest BCUT2D eigenvalue weighted by atomic mass is 16.5. The molecule has 2 N–H and O–H groups in total. The molecule has 4 aromatic rings. The van der Waals surface area contributed by atoms with Gasteiger partial charge in [-0.2, -0.15) is 0 Å². The number of aliphatic hydroxyl groups excluding tert-OH is 1. The van der Waals surface area contributed by atoms with E-state index in [4.69, 9.17) is 9.72 Å². The molecule has 0 bridgehead atoms. The van der Waals surface area contributed by atoms with Gasteiger partial charge in [0, 0.05) is 43.6 Å². The Morgan fingerprint density at radius 2 is 1.90 bits per heavy atom. The minimum atomic E-state index is -0.907. The van der Waals surface area contributed by atoms with E-state index >= 15 is 0 Å². The summed E-state index contributed by atoms with van der Waals surface area (Å²) in [6.45, 7) is 4.03. The Hall–Kier alpha value is -4.01. The number of aliphatic hydroxyl groups is 1. The van der Waals surface area contributed by atoms with Gasteiger partial charge in [-0.25, -0.2) is 4.98 Å². The number of imidazole rings is 1. The average Bonchev–Trinajstić information content (AvgIpc) is 3.44. The highest BCUT2D eigenvalue weighted by molar-refractivity contribution is 5.98. The number of anilines is 1. The Morgan fingerprint density at radius 1 is 1.10 bits per heavy atom. The molecule has 1 amide bonds. The lowest BCUT2D eigenvalue weighted by Crippen LogP contribution is -2.41. The number of aryl methyl sites for hydroxylation is 1. The minimum absolute atomic E-state index is 0.0241. The molecule has 2 atom stereocenters. The second-order valence-electron chi connectivity index (χ2n) is 10.6. The van der Waals surface area contributed by atoms with Crippen LogP contribution < -0.4 is 5.32 Å². The number of amides is 1. The number of nitrogens with zero attached hydrogens (tertiary/aromatic N) is 4. The number of ether oxygens (including phenoxy) is 1. The van der Waals surface area contributed by atoms with Crippen molar-refractivity contribution in [1.82, 2.24) is 19.4 Å². The summed E-state index contributed by atoms with van der Waals surface area (Å²) in [5.41, 5.74) is 7.34. The van der Waals surface area contributed by atoms with Crippen molar-refractivity contribution in [2.75, 3.05) is 25.1 Å². The van der Waals surface area contributed by atoms with E-state index in [2.05, 4.69) is 39.1 Å². The molecule has 1 fully saturated rings. The molecule has 2 unspecified atom stereocenters. The number of hydrogen-bond donors (Lipinski definition) is 2. The third-order valence-electron chi connectivity index (χ3n) is 8.36. The molecule has 5 heterocycles. The highest BCUT2D eigenvalue weighted by Crippen LogP contribution is 2.40. The fourth-order valence-electron chi connectivity index (χ4n) is 6.37. The molecule has 0 spiro atoms. The fourth-order valence-corrected chi connectivity index (χ4v) is 6.37. The summed E-state index contributed by atoms with van der Waals surface area (Å²) >= 11 is 0.